The average Bonchev–Trinajstić information content (AvgIpc) is 2.34. The molecule has 0 bridgehead atoms. The summed E-state index contributed by atoms with van der Waals surface area (Å²) in [6.45, 7) is 11.8. The third-order valence-corrected chi connectivity index (χ3v) is 3.06. The summed E-state index contributed by atoms with van der Waals surface area (Å²) in [6.07, 6.45) is 0. The second-order valence-electron chi connectivity index (χ2n) is 6.55. The summed E-state index contributed by atoms with van der Waals surface area (Å²) in [5, 5.41) is 3.38. The Morgan fingerprint density at radius 1 is 1.10 bits per heavy atom. The normalized spacial score (nSPS) is 14.9. The Bertz CT molecular complexity index is 420. The van der Waals surface area contributed by atoms with Crippen molar-refractivity contribution in [2.75, 3.05) is 0 Å². The lowest BCUT2D eigenvalue weighted by atomic mass is 10.0. The first-order valence-electron chi connectivity index (χ1n) is 7.24. The van der Waals surface area contributed by atoms with Crippen LogP contribution in [0.25, 0.3) is 0 Å². The lowest BCUT2D eigenvalue weighted by Crippen LogP contribution is -2.45. The van der Waals surface area contributed by atoms with Gasteiger partial charge in [0.05, 0.1) is 0 Å². The van der Waals surface area contributed by atoms with Gasteiger partial charge in [-0.15, -0.1) is 0 Å². The smallest absolute Gasteiger partial charge is 0.323 e. The fraction of sp³-hybridized carbons (Fsp3) is 0.588. The van der Waals surface area contributed by atoms with Crippen LogP contribution in [0.3, 0.4) is 0 Å². The molecule has 0 unspecified atom stereocenters. The number of rotatable bonds is 5. The molecule has 0 spiro atoms. The van der Waals surface area contributed by atoms with Gasteiger partial charge in [0.15, 0.2) is 0 Å². The van der Waals surface area contributed by atoms with Crippen LogP contribution >= 0.6 is 0 Å². The number of hydrogen-bond acceptors (Lipinski definition) is 3. The van der Waals surface area contributed by atoms with Gasteiger partial charge in [-0.1, -0.05) is 44.2 Å². The number of hydrogen-bond donors (Lipinski definition) is 1. The minimum Gasteiger partial charge on any atom is -0.459 e. The van der Waals surface area contributed by atoms with Crippen molar-refractivity contribution in [1.82, 2.24) is 5.32 Å². The molecule has 0 radical (unpaired) electrons. The highest BCUT2D eigenvalue weighted by atomic mass is 16.6. The van der Waals surface area contributed by atoms with E-state index in [2.05, 4.69) is 24.4 Å². The van der Waals surface area contributed by atoms with E-state index in [9.17, 15) is 4.79 Å². The predicted octanol–water partition coefficient (Wildman–Crippen LogP) is 3.70. The van der Waals surface area contributed by atoms with Gasteiger partial charge in [0.25, 0.3) is 0 Å². The van der Waals surface area contributed by atoms with Gasteiger partial charge < -0.3 is 4.74 Å². The predicted molar refractivity (Wildman–Crippen MR) is 82.5 cm³/mol. The molecule has 1 N–H and O–H groups in total. The van der Waals surface area contributed by atoms with E-state index in [0.29, 0.717) is 0 Å². The highest BCUT2D eigenvalue weighted by Crippen LogP contribution is 2.17. The number of ether oxygens (including phenoxy) is 1. The molecule has 3 nitrogen and oxygen atoms in total. The van der Waals surface area contributed by atoms with Crippen LogP contribution in [0.5, 0.6) is 0 Å². The summed E-state index contributed by atoms with van der Waals surface area (Å²) < 4.78 is 5.50. The lowest BCUT2D eigenvalue weighted by Gasteiger charge is -2.29. The molecule has 0 fully saturated rings. The van der Waals surface area contributed by atoms with Crippen LogP contribution in [0.4, 0.5) is 0 Å². The monoisotopic (exact) mass is 277 g/mol. The van der Waals surface area contributed by atoms with E-state index >= 15 is 0 Å². The maximum atomic E-state index is 12.3. The zero-order valence-electron chi connectivity index (χ0n) is 13.4. The summed E-state index contributed by atoms with van der Waals surface area (Å²) in [6, 6.07) is 9.93. The molecule has 0 aliphatic carbocycles. The Labute approximate surface area is 122 Å². The Kier molecular flexibility index (Phi) is 5.75. The third kappa shape index (κ3) is 5.33. The van der Waals surface area contributed by atoms with Gasteiger partial charge in [0.1, 0.15) is 11.6 Å². The van der Waals surface area contributed by atoms with E-state index in [-0.39, 0.29) is 24.0 Å². The van der Waals surface area contributed by atoms with Gasteiger partial charge >= 0.3 is 5.97 Å². The molecule has 0 aliphatic rings. The fourth-order valence-corrected chi connectivity index (χ4v) is 2.01. The van der Waals surface area contributed by atoms with E-state index in [1.165, 1.54) is 5.56 Å². The average molecular weight is 277 g/mol. The third-order valence-electron chi connectivity index (χ3n) is 3.06. The molecule has 20 heavy (non-hydrogen) atoms. The van der Waals surface area contributed by atoms with Crippen molar-refractivity contribution >= 4 is 5.97 Å². The van der Waals surface area contributed by atoms with Crippen molar-refractivity contribution < 1.29 is 9.53 Å². The second kappa shape index (κ2) is 6.89. The van der Waals surface area contributed by atoms with Crippen molar-refractivity contribution in [3.05, 3.63) is 35.9 Å². The molecule has 112 valence electrons. The van der Waals surface area contributed by atoms with Gasteiger partial charge in [-0.25, -0.2) is 0 Å². The molecule has 0 saturated heterocycles. The molecular formula is C17H27NO2. The van der Waals surface area contributed by atoms with Crippen molar-refractivity contribution in [3.8, 4) is 0 Å². The number of nitrogens with one attached hydrogen (secondary N) is 1. The van der Waals surface area contributed by atoms with Crippen LogP contribution in [-0.4, -0.2) is 17.6 Å². The molecule has 1 rings (SSSR count). The molecule has 0 aliphatic heterocycles. The summed E-state index contributed by atoms with van der Waals surface area (Å²) in [7, 11) is 0. The van der Waals surface area contributed by atoms with E-state index in [0.717, 1.165) is 0 Å². The Morgan fingerprint density at radius 2 is 1.65 bits per heavy atom. The first-order chi connectivity index (χ1) is 9.20. The molecule has 1 aromatic carbocycles. The fourth-order valence-electron chi connectivity index (χ4n) is 2.01. The zero-order valence-corrected chi connectivity index (χ0v) is 13.4. The van der Waals surface area contributed by atoms with Crippen LogP contribution in [0.1, 0.15) is 53.1 Å². The molecule has 2 atom stereocenters. The van der Waals surface area contributed by atoms with E-state index in [1.54, 1.807) is 0 Å². The highest BCUT2D eigenvalue weighted by molar-refractivity contribution is 5.76. The summed E-state index contributed by atoms with van der Waals surface area (Å²) in [5.74, 6) is -0.00806. The molecule has 0 amide bonds. The van der Waals surface area contributed by atoms with E-state index in [4.69, 9.17) is 4.74 Å². The largest absolute Gasteiger partial charge is 0.459 e. The summed E-state index contributed by atoms with van der Waals surface area (Å²) in [4.78, 5) is 12.3. The van der Waals surface area contributed by atoms with Gasteiger partial charge in [-0.3, -0.25) is 10.1 Å². The quantitative estimate of drug-likeness (QED) is 0.834. The lowest BCUT2D eigenvalue weighted by molar-refractivity contribution is -0.159. The van der Waals surface area contributed by atoms with Crippen LogP contribution < -0.4 is 5.32 Å². The molecule has 1 aromatic rings. The SMILES string of the molecule is CC(C)[C@H](N[C@@H](C)c1ccccc1)C(=O)OC(C)(C)C. The summed E-state index contributed by atoms with van der Waals surface area (Å²) >= 11 is 0. The van der Waals surface area contributed by atoms with Crippen molar-refractivity contribution in [2.45, 2.75) is 59.2 Å². The van der Waals surface area contributed by atoms with Gasteiger partial charge in [-0.05, 0) is 39.2 Å². The maximum absolute atomic E-state index is 12.3. The first-order valence-corrected chi connectivity index (χ1v) is 7.24. The number of esters is 1. The van der Waals surface area contributed by atoms with E-state index < -0.39 is 5.60 Å². The van der Waals surface area contributed by atoms with Gasteiger partial charge in [0, 0.05) is 6.04 Å². The number of benzene rings is 1. The second-order valence-corrected chi connectivity index (χ2v) is 6.55. The van der Waals surface area contributed by atoms with Crippen molar-refractivity contribution in [3.63, 3.8) is 0 Å². The van der Waals surface area contributed by atoms with Crippen LogP contribution in [0.2, 0.25) is 0 Å². The van der Waals surface area contributed by atoms with Crippen molar-refractivity contribution in [2.24, 2.45) is 5.92 Å². The topological polar surface area (TPSA) is 38.3 Å². The first kappa shape index (κ1) is 16.7. The molecule has 0 aromatic heterocycles. The van der Waals surface area contributed by atoms with Gasteiger partial charge in [0.2, 0.25) is 0 Å². The Morgan fingerprint density at radius 3 is 2.10 bits per heavy atom. The zero-order chi connectivity index (χ0) is 15.3. The van der Waals surface area contributed by atoms with E-state index in [1.807, 2.05) is 52.8 Å². The Hall–Kier alpha value is -1.35. The highest BCUT2D eigenvalue weighted by Gasteiger charge is 2.28. The van der Waals surface area contributed by atoms with Crippen molar-refractivity contribution in [1.29, 1.82) is 0 Å². The number of carbonyl (C=O) groups excluding carboxylic acids is 1. The van der Waals surface area contributed by atoms with Gasteiger partial charge in [-0.2, -0.15) is 0 Å². The van der Waals surface area contributed by atoms with Crippen LogP contribution in [0, 0.1) is 5.92 Å². The minimum absolute atomic E-state index is 0.108. The Balaban J connectivity index is 2.75. The molecule has 0 heterocycles. The minimum atomic E-state index is -0.456. The standard InChI is InChI=1S/C17H27NO2/c1-12(2)15(16(19)20-17(4,5)6)18-13(3)14-10-8-7-9-11-14/h7-13,15,18H,1-6H3/t13-,15-/m0/s1. The molecular weight excluding hydrogens is 250 g/mol. The van der Waals surface area contributed by atoms with Crippen LogP contribution in [-0.2, 0) is 9.53 Å². The molecule has 3 heteroatoms. The van der Waals surface area contributed by atoms with Crippen LogP contribution in [0.15, 0.2) is 30.3 Å². The summed E-state index contributed by atoms with van der Waals surface area (Å²) in [5.41, 5.74) is 0.712. The molecule has 0 saturated carbocycles. The number of carbonyl (C=O) groups is 1. The maximum Gasteiger partial charge on any atom is 0.323 e.